The summed E-state index contributed by atoms with van der Waals surface area (Å²) in [5, 5.41) is 4.88. The van der Waals surface area contributed by atoms with E-state index in [0.29, 0.717) is 11.4 Å². The van der Waals surface area contributed by atoms with Crippen LogP contribution in [0.1, 0.15) is 38.4 Å². The van der Waals surface area contributed by atoms with Gasteiger partial charge >= 0.3 is 0 Å². The highest BCUT2D eigenvalue weighted by atomic mass is 35.5. The van der Waals surface area contributed by atoms with E-state index in [2.05, 4.69) is 36.1 Å². The van der Waals surface area contributed by atoms with Crippen LogP contribution in [-0.4, -0.2) is 33.1 Å². The predicted molar refractivity (Wildman–Crippen MR) is 66.8 cm³/mol. The lowest BCUT2D eigenvalue weighted by atomic mass is 10.1. The second-order valence-corrected chi connectivity index (χ2v) is 5.47. The fourth-order valence-electron chi connectivity index (χ4n) is 2.12. The highest BCUT2D eigenvalue weighted by molar-refractivity contribution is 6.20. The molecule has 0 amide bonds. The van der Waals surface area contributed by atoms with E-state index in [4.69, 9.17) is 11.6 Å². The van der Waals surface area contributed by atoms with Gasteiger partial charge in [-0.2, -0.15) is 5.10 Å². The Morgan fingerprint density at radius 1 is 1.56 bits per heavy atom. The molecule has 1 aromatic heterocycles. The van der Waals surface area contributed by atoms with Gasteiger partial charge in [-0.1, -0.05) is 0 Å². The van der Waals surface area contributed by atoms with E-state index < -0.39 is 0 Å². The number of piperidine rings is 1. The highest BCUT2D eigenvalue weighted by Crippen LogP contribution is 2.17. The zero-order valence-corrected chi connectivity index (χ0v) is 10.8. The Morgan fingerprint density at radius 2 is 2.38 bits per heavy atom. The summed E-state index contributed by atoms with van der Waals surface area (Å²) in [5.74, 6) is 0. The van der Waals surface area contributed by atoms with Crippen molar-refractivity contribution < 1.29 is 0 Å². The van der Waals surface area contributed by atoms with Gasteiger partial charge in [-0.15, -0.1) is 11.6 Å². The van der Waals surface area contributed by atoms with Crippen molar-refractivity contribution in [3.8, 4) is 0 Å². The summed E-state index contributed by atoms with van der Waals surface area (Å²) in [6, 6.07) is 2.55. The van der Waals surface area contributed by atoms with E-state index >= 15 is 0 Å². The highest BCUT2D eigenvalue weighted by Gasteiger charge is 2.18. The predicted octanol–water partition coefficient (Wildman–Crippen LogP) is 2.67. The Hall–Kier alpha value is -0.540. The van der Waals surface area contributed by atoms with Crippen LogP contribution < -0.4 is 0 Å². The summed E-state index contributed by atoms with van der Waals surface area (Å²) >= 11 is 6.17. The van der Waals surface area contributed by atoms with Gasteiger partial charge in [0, 0.05) is 30.7 Å². The molecule has 1 unspecified atom stereocenters. The van der Waals surface area contributed by atoms with Gasteiger partial charge in [-0.25, -0.2) is 0 Å². The molecule has 90 valence electrons. The lowest BCUT2D eigenvalue weighted by Gasteiger charge is -2.28. The van der Waals surface area contributed by atoms with E-state index in [1.807, 2.05) is 4.68 Å². The smallest absolute Gasteiger partial charge is 0.0764 e. The molecule has 4 heteroatoms. The molecule has 1 aromatic rings. The first-order chi connectivity index (χ1) is 7.65. The van der Waals surface area contributed by atoms with E-state index in [9.17, 15) is 0 Å². The summed E-state index contributed by atoms with van der Waals surface area (Å²) in [4.78, 5) is 2.40. The van der Waals surface area contributed by atoms with Crippen molar-refractivity contribution in [1.82, 2.24) is 14.7 Å². The molecule has 0 bridgehead atoms. The van der Waals surface area contributed by atoms with Crippen molar-refractivity contribution in [2.24, 2.45) is 0 Å². The Kier molecular flexibility index (Phi) is 3.87. The Morgan fingerprint density at radius 3 is 3.00 bits per heavy atom. The van der Waals surface area contributed by atoms with E-state index in [1.165, 1.54) is 6.42 Å². The van der Waals surface area contributed by atoms with Crippen LogP contribution in [0.15, 0.2) is 12.3 Å². The summed E-state index contributed by atoms with van der Waals surface area (Å²) in [7, 11) is 0. The molecule has 1 aliphatic rings. The zero-order chi connectivity index (χ0) is 11.5. The molecule has 0 saturated carbocycles. The molecule has 16 heavy (non-hydrogen) atoms. The molecule has 2 heterocycles. The van der Waals surface area contributed by atoms with Crippen LogP contribution >= 0.6 is 11.6 Å². The minimum absolute atomic E-state index is 0.320. The van der Waals surface area contributed by atoms with E-state index in [1.54, 1.807) is 0 Å². The maximum atomic E-state index is 6.17. The first-order valence-electron chi connectivity index (χ1n) is 6.05. The third-order valence-corrected chi connectivity index (χ3v) is 3.38. The SMILES string of the molecule is CC(C)n1ccc(CN2CCCC(Cl)C2)n1. The molecule has 0 aromatic carbocycles. The topological polar surface area (TPSA) is 21.1 Å². The van der Waals surface area contributed by atoms with Gasteiger partial charge in [-0.3, -0.25) is 9.58 Å². The minimum Gasteiger partial charge on any atom is -0.296 e. The zero-order valence-electron chi connectivity index (χ0n) is 10.1. The molecule has 1 aliphatic heterocycles. The van der Waals surface area contributed by atoms with Crippen molar-refractivity contribution in [2.45, 2.75) is 44.7 Å². The van der Waals surface area contributed by atoms with Crippen molar-refractivity contribution >= 4 is 11.6 Å². The number of alkyl halides is 1. The van der Waals surface area contributed by atoms with Crippen molar-refractivity contribution in [3.63, 3.8) is 0 Å². The largest absolute Gasteiger partial charge is 0.296 e. The third-order valence-electron chi connectivity index (χ3n) is 3.03. The third kappa shape index (κ3) is 2.98. The summed E-state index contributed by atoms with van der Waals surface area (Å²) in [6.07, 6.45) is 4.42. The quantitative estimate of drug-likeness (QED) is 0.759. The standard InChI is InChI=1S/C12H20ClN3/c1-10(2)16-7-5-12(14-16)9-15-6-3-4-11(13)8-15/h5,7,10-11H,3-4,6,8-9H2,1-2H3. The van der Waals surface area contributed by atoms with Crippen LogP contribution in [0.25, 0.3) is 0 Å². The Balaban J connectivity index is 1.92. The van der Waals surface area contributed by atoms with Crippen molar-refractivity contribution in [1.29, 1.82) is 0 Å². The van der Waals surface area contributed by atoms with Crippen LogP contribution in [0.5, 0.6) is 0 Å². The molecule has 2 rings (SSSR count). The number of nitrogens with zero attached hydrogens (tertiary/aromatic N) is 3. The molecule has 3 nitrogen and oxygen atoms in total. The van der Waals surface area contributed by atoms with E-state index in [-0.39, 0.29) is 0 Å². The summed E-state index contributed by atoms with van der Waals surface area (Å²) in [6.45, 7) is 7.37. The maximum absolute atomic E-state index is 6.17. The molecule has 1 atom stereocenters. The van der Waals surface area contributed by atoms with Gasteiger partial charge in [0.2, 0.25) is 0 Å². The number of likely N-dealkylation sites (tertiary alicyclic amines) is 1. The number of hydrogen-bond acceptors (Lipinski definition) is 2. The molecule has 0 N–H and O–H groups in total. The number of aromatic nitrogens is 2. The first kappa shape index (κ1) is 11.9. The van der Waals surface area contributed by atoms with Gasteiger partial charge in [0.1, 0.15) is 0 Å². The average Bonchev–Trinajstić information content (AvgIpc) is 2.66. The van der Waals surface area contributed by atoms with Crippen molar-refractivity contribution in [2.75, 3.05) is 13.1 Å². The van der Waals surface area contributed by atoms with Gasteiger partial charge in [0.05, 0.1) is 5.69 Å². The molecule has 0 spiro atoms. The fraction of sp³-hybridized carbons (Fsp3) is 0.750. The molecule has 0 aliphatic carbocycles. The number of hydrogen-bond donors (Lipinski definition) is 0. The van der Waals surface area contributed by atoms with Crippen LogP contribution in [0, 0.1) is 0 Å². The minimum atomic E-state index is 0.320. The Bertz CT molecular complexity index is 335. The van der Waals surface area contributed by atoms with Crippen molar-refractivity contribution in [3.05, 3.63) is 18.0 Å². The molecule has 1 fully saturated rings. The Labute approximate surface area is 102 Å². The number of rotatable bonds is 3. The summed E-state index contributed by atoms with van der Waals surface area (Å²) in [5.41, 5.74) is 1.15. The van der Waals surface area contributed by atoms with Gasteiger partial charge in [0.15, 0.2) is 0 Å². The lowest BCUT2D eigenvalue weighted by molar-refractivity contribution is 0.221. The molecular weight excluding hydrogens is 222 g/mol. The monoisotopic (exact) mass is 241 g/mol. The van der Waals surface area contributed by atoms with Crippen LogP contribution in [0.2, 0.25) is 0 Å². The first-order valence-corrected chi connectivity index (χ1v) is 6.49. The fourth-order valence-corrected chi connectivity index (χ4v) is 2.47. The van der Waals surface area contributed by atoms with Gasteiger partial charge in [-0.05, 0) is 39.3 Å². The van der Waals surface area contributed by atoms with Crippen LogP contribution in [0.3, 0.4) is 0 Å². The molecule has 0 radical (unpaired) electrons. The number of halogens is 1. The molecular formula is C12H20ClN3. The van der Waals surface area contributed by atoms with E-state index in [0.717, 1.165) is 31.7 Å². The maximum Gasteiger partial charge on any atom is 0.0764 e. The second kappa shape index (κ2) is 5.19. The average molecular weight is 242 g/mol. The molecule has 1 saturated heterocycles. The lowest BCUT2D eigenvalue weighted by Crippen LogP contribution is -2.35. The summed E-state index contributed by atoms with van der Waals surface area (Å²) < 4.78 is 2.01. The van der Waals surface area contributed by atoms with Gasteiger partial charge < -0.3 is 0 Å². The van der Waals surface area contributed by atoms with Gasteiger partial charge in [0.25, 0.3) is 0 Å². The van der Waals surface area contributed by atoms with Crippen LogP contribution in [-0.2, 0) is 6.54 Å². The van der Waals surface area contributed by atoms with Crippen LogP contribution in [0.4, 0.5) is 0 Å². The normalized spacial score (nSPS) is 22.9. The second-order valence-electron chi connectivity index (χ2n) is 4.86.